The fourth-order valence-corrected chi connectivity index (χ4v) is 5.96. The van der Waals surface area contributed by atoms with Gasteiger partial charge in [0.1, 0.15) is 4.90 Å². The van der Waals surface area contributed by atoms with E-state index in [1.165, 1.54) is 0 Å². The molecule has 1 aliphatic rings. The zero-order valence-electron chi connectivity index (χ0n) is 11.4. The van der Waals surface area contributed by atoms with Gasteiger partial charge in [0, 0.05) is 27.8 Å². The number of anilines is 1. The molecule has 21 heavy (non-hydrogen) atoms. The maximum absolute atomic E-state index is 12.4. The molecule has 5 nitrogen and oxygen atoms in total. The first kappa shape index (κ1) is 17.2. The van der Waals surface area contributed by atoms with Crippen LogP contribution in [0.15, 0.2) is 26.0 Å². The summed E-state index contributed by atoms with van der Waals surface area (Å²) in [7, 11) is -3.59. The Morgan fingerprint density at radius 1 is 1.29 bits per heavy atom. The number of nitrogens with one attached hydrogen (secondary N) is 1. The lowest BCUT2D eigenvalue weighted by atomic mass is 10.1. The van der Waals surface area contributed by atoms with Crippen LogP contribution in [0.5, 0.6) is 0 Å². The van der Waals surface area contributed by atoms with E-state index in [0.29, 0.717) is 27.6 Å². The molecule has 1 aromatic rings. The highest BCUT2D eigenvalue weighted by molar-refractivity contribution is 9.11. The molecule has 1 atom stereocenters. The van der Waals surface area contributed by atoms with Crippen LogP contribution < -0.4 is 10.5 Å². The van der Waals surface area contributed by atoms with Crippen molar-refractivity contribution in [2.24, 2.45) is 0 Å². The number of hydrogen-bond acceptors (Lipinski definition) is 4. The Morgan fingerprint density at radius 3 is 2.52 bits per heavy atom. The fourth-order valence-electron chi connectivity index (χ4n) is 2.30. The highest BCUT2D eigenvalue weighted by Crippen LogP contribution is 2.32. The molecule has 1 fully saturated rings. The molecule has 0 aliphatic carbocycles. The Bertz CT molecular complexity index is 578. The molecule has 2 rings (SSSR count). The van der Waals surface area contributed by atoms with Crippen molar-refractivity contribution in [3.8, 4) is 0 Å². The highest BCUT2D eigenvalue weighted by Gasteiger charge is 2.22. The zero-order chi connectivity index (χ0) is 15.5. The van der Waals surface area contributed by atoms with Gasteiger partial charge >= 0.3 is 0 Å². The van der Waals surface area contributed by atoms with Crippen molar-refractivity contribution in [3.05, 3.63) is 21.1 Å². The van der Waals surface area contributed by atoms with Crippen molar-refractivity contribution in [1.29, 1.82) is 0 Å². The van der Waals surface area contributed by atoms with Crippen LogP contribution in [0.2, 0.25) is 0 Å². The van der Waals surface area contributed by atoms with Gasteiger partial charge in [0.15, 0.2) is 0 Å². The topological polar surface area (TPSA) is 81.4 Å². The third kappa shape index (κ3) is 4.66. The summed E-state index contributed by atoms with van der Waals surface area (Å²) < 4.78 is 33.8. The number of ether oxygens (including phenoxy) is 1. The van der Waals surface area contributed by atoms with Crippen molar-refractivity contribution in [3.63, 3.8) is 0 Å². The molecule has 0 bridgehead atoms. The Labute approximate surface area is 141 Å². The lowest BCUT2D eigenvalue weighted by Crippen LogP contribution is -2.30. The van der Waals surface area contributed by atoms with Gasteiger partial charge in [0.05, 0.1) is 6.10 Å². The molecule has 0 aromatic heterocycles. The van der Waals surface area contributed by atoms with E-state index < -0.39 is 10.0 Å². The smallest absolute Gasteiger partial charge is 0.242 e. The van der Waals surface area contributed by atoms with Gasteiger partial charge in [-0.15, -0.1) is 0 Å². The predicted molar refractivity (Wildman–Crippen MR) is 89.7 cm³/mol. The molecule has 1 aromatic carbocycles. The molecule has 1 unspecified atom stereocenters. The molecule has 118 valence electrons. The average Bonchev–Trinajstić information content (AvgIpc) is 2.38. The van der Waals surface area contributed by atoms with Gasteiger partial charge in [-0.25, -0.2) is 13.1 Å². The molecule has 0 saturated carbocycles. The number of sulfonamides is 1. The molecule has 1 heterocycles. The van der Waals surface area contributed by atoms with Gasteiger partial charge in [-0.2, -0.15) is 0 Å². The van der Waals surface area contributed by atoms with Gasteiger partial charge in [-0.3, -0.25) is 0 Å². The van der Waals surface area contributed by atoms with E-state index in [1.807, 2.05) is 0 Å². The van der Waals surface area contributed by atoms with Crippen LogP contribution in [-0.4, -0.2) is 27.7 Å². The molecule has 1 aliphatic heterocycles. The lowest BCUT2D eigenvalue weighted by Gasteiger charge is -2.22. The Balaban J connectivity index is 2.01. The summed E-state index contributed by atoms with van der Waals surface area (Å²) in [5.74, 6) is 0. The minimum absolute atomic E-state index is 0.153. The first-order chi connectivity index (χ1) is 9.90. The molecular formula is C13H18Br2N2O3S. The van der Waals surface area contributed by atoms with Crippen LogP contribution >= 0.6 is 31.9 Å². The van der Waals surface area contributed by atoms with E-state index in [4.69, 9.17) is 10.5 Å². The largest absolute Gasteiger partial charge is 0.399 e. The maximum atomic E-state index is 12.4. The van der Waals surface area contributed by atoms with E-state index >= 15 is 0 Å². The van der Waals surface area contributed by atoms with Gasteiger partial charge < -0.3 is 10.5 Å². The zero-order valence-corrected chi connectivity index (χ0v) is 15.4. The van der Waals surface area contributed by atoms with E-state index in [9.17, 15) is 8.42 Å². The van der Waals surface area contributed by atoms with Crippen LogP contribution in [0.1, 0.15) is 25.7 Å². The quantitative estimate of drug-likeness (QED) is 0.688. The Kier molecular flexibility index (Phi) is 6.07. The van der Waals surface area contributed by atoms with Crippen LogP contribution in [-0.2, 0) is 14.8 Å². The van der Waals surface area contributed by atoms with Crippen molar-refractivity contribution >= 4 is 47.6 Å². The minimum atomic E-state index is -3.59. The summed E-state index contributed by atoms with van der Waals surface area (Å²) in [5, 5.41) is 0. The van der Waals surface area contributed by atoms with Gasteiger partial charge in [0.25, 0.3) is 0 Å². The third-order valence-corrected chi connectivity index (χ3v) is 6.66. The number of halogens is 2. The highest BCUT2D eigenvalue weighted by atomic mass is 79.9. The predicted octanol–water partition coefficient (Wildman–Crippen LogP) is 3.03. The maximum Gasteiger partial charge on any atom is 0.242 e. The van der Waals surface area contributed by atoms with Crippen LogP contribution in [0, 0.1) is 0 Å². The molecule has 8 heteroatoms. The van der Waals surface area contributed by atoms with E-state index in [1.54, 1.807) is 12.1 Å². The van der Waals surface area contributed by atoms with Crippen molar-refractivity contribution in [2.75, 3.05) is 18.9 Å². The molecule has 0 radical (unpaired) electrons. The first-order valence-electron chi connectivity index (χ1n) is 6.76. The number of rotatable bonds is 5. The Hall–Kier alpha value is -0.150. The van der Waals surface area contributed by atoms with E-state index in [-0.39, 0.29) is 11.0 Å². The first-order valence-corrected chi connectivity index (χ1v) is 9.83. The number of nitrogen functional groups attached to an aromatic ring is 1. The summed E-state index contributed by atoms with van der Waals surface area (Å²) in [6.07, 6.45) is 4.07. The monoisotopic (exact) mass is 440 g/mol. The normalized spacial score (nSPS) is 19.6. The SMILES string of the molecule is Nc1cc(Br)c(S(=O)(=O)NCCC2CCCCO2)c(Br)c1. The van der Waals surface area contributed by atoms with Crippen LogP contribution in [0.3, 0.4) is 0 Å². The number of benzene rings is 1. The van der Waals surface area contributed by atoms with Crippen molar-refractivity contribution < 1.29 is 13.2 Å². The summed E-state index contributed by atoms with van der Waals surface area (Å²) in [5.41, 5.74) is 6.17. The summed E-state index contributed by atoms with van der Waals surface area (Å²) in [6.45, 7) is 1.13. The fraction of sp³-hybridized carbons (Fsp3) is 0.538. The summed E-state index contributed by atoms with van der Waals surface area (Å²) in [4.78, 5) is 0.168. The lowest BCUT2D eigenvalue weighted by molar-refractivity contribution is 0.0123. The average molecular weight is 442 g/mol. The Morgan fingerprint density at radius 2 is 1.95 bits per heavy atom. The van der Waals surface area contributed by atoms with Crippen LogP contribution in [0.4, 0.5) is 5.69 Å². The number of nitrogens with two attached hydrogens (primary N) is 1. The number of hydrogen-bond donors (Lipinski definition) is 2. The summed E-state index contributed by atoms with van der Waals surface area (Å²) >= 11 is 6.50. The molecular weight excluding hydrogens is 424 g/mol. The molecule has 0 amide bonds. The molecule has 0 spiro atoms. The second kappa shape index (κ2) is 7.41. The third-order valence-electron chi connectivity index (χ3n) is 3.32. The van der Waals surface area contributed by atoms with E-state index in [0.717, 1.165) is 25.9 Å². The summed E-state index contributed by atoms with van der Waals surface area (Å²) in [6, 6.07) is 3.15. The van der Waals surface area contributed by atoms with E-state index in [2.05, 4.69) is 36.6 Å². The van der Waals surface area contributed by atoms with Crippen molar-refractivity contribution in [1.82, 2.24) is 4.72 Å². The van der Waals surface area contributed by atoms with Gasteiger partial charge in [0.2, 0.25) is 10.0 Å². The molecule has 3 N–H and O–H groups in total. The standard InChI is InChI=1S/C13H18Br2N2O3S/c14-11-7-9(16)8-12(15)13(11)21(18,19)17-5-4-10-3-1-2-6-20-10/h7-8,10,17H,1-6,16H2. The second-order valence-corrected chi connectivity index (χ2v) is 8.40. The molecule has 1 saturated heterocycles. The minimum Gasteiger partial charge on any atom is -0.399 e. The van der Waals surface area contributed by atoms with Gasteiger partial charge in [-0.1, -0.05) is 0 Å². The second-order valence-electron chi connectivity index (χ2n) is 4.99. The van der Waals surface area contributed by atoms with Crippen molar-refractivity contribution in [2.45, 2.75) is 36.7 Å². The van der Waals surface area contributed by atoms with Crippen LogP contribution in [0.25, 0.3) is 0 Å². The van der Waals surface area contributed by atoms with Gasteiger partial charge in [-0.05, 0) is 69.7 Å².